The summed E-state index contributed by atoms with van der Waals surface area (Å²) in [5.74, 6) is -1.16. The zero-order valence-corrected chi connectivity index (χ0v) is 26.5. The Balaban J connectivity index is 1.83. The van der Waals surface area contributed by atoms with E-state index in [1.165, 1.54) is 47.4 Å². The Morgan fingerprint density at radius 1 is 0.867 bits per heavy atom. The number of amides is 2. The maximum absolute atomic E-state index is 14.4. The van der Waals surface area contributed by atoms with Gasteiger partial charge < -0.3 is 10.2 Å². The number of carbonyl (C=O) groups is 2. The second-order valence-electron chi connectivity index (χ2n) is 9.97. The van der Waals surface area contributed by atoms with Crippen LogP contribution in [0.4, 0.5) is 11.4 Å². The minimum Gasteiger partial charge on any atom is -0.355 e. The van der Waals surface area contributed by atoms with Crippen LogP contribution in [0, 0.1) is 10.1 Å². The van der Waals surface area contributed by atoms with Crippen molar-refractivity contribution in [2.75, 3.05) is 17.4 Å². The second kappa shape index (κ2) is 15.0. The zero-order chi connectivity index (χ0) is 32.6. The normalized spacial score (nSPS) is 11.8. The van der Waals surface area contributed by atoms with Crippen LogP contribution < -0.4 is 9.62 Å². The molecule has 0 saturated carbocycles. The molecular weight excluding hydrogens is 639 g/mol. The highest BCUT2D eigenvalue weighted by Gasteiger charge is 2.35. The van der Waals surface area contributed by atoms with Crippen molar-refractivity contribution in [3.63, 3.8) is 0 Å². The molecule has 0 saturated heterocycles. The summed E-state index contributed by atoms with van der Waals surface area (Å²) in [5.41, 5.74) is 0.875. The minimum absolute atomic E-state index is 0.0893. The van der Waals surface area contributed by atoms with Gasteiger partial charge in [-0.1, -0.05) is 83.9 Å². The van der Waals surface area contributed by atoms with Crippen molar-refractivity contribution < 1.29 is 22.9 Å². The lowest BCUT2D eigenvalue weighted by molar-refractivity contribution is -0.384. The van der Waals surface area contributed by atoms with Gasteiger partial charge in [-0.2, -0.15) is 0 Å². The smallest absolute Gasteiger partial charge is 0.271 e. The molecule has 0 spiro atoms. The molecule has 0 aromatic heterocycles. The number of nitrogens with one attached hydrogen (secondary N) is 1. The first kappa shape index (κ1) is 33.4. The van der Waals surface area contributed by atoms with Gasteiger partial charge in [0.25, 0.3) is 15.7 Å². The highest BCUT2D eigenvalue weighted by Crippen LogP contribution is 2.29. The van der Waals surface area contributed by atoms with Crippen LogP contribution >= 0.6 is 23.2 Å². The van der Waals surface area contributed by atoms with Gasteiger partial charge in [-0.05, 0) is 48.4 Å². The van der Waals surface area contributed by atoms with Gasteiger partial charge in [0, 0.05) is 31.6 Å². The Morgan fingerprint density at radius 3 is 2.16 bits per heavy atom. The first-order valence-corrected chi connectivity index (χ1v) is 16.1. The topological polar surface area (TPSA) is 130 Å². The third-order valence-corrected chi connectivity index (χ3v) is 9.42. The molecule has 4 rings (SSSR count). The SMILES string of the molecule is CCNC(=O)C(Cc1ccccc1)N(Cc1ccc(Cl)c(Cl)c1)C(=O)CN(c1cccc([N+](=O)[O-])c1)S(=O)(=O)c1ccccc1. The first-order valence-electron chi connectivity index (χ1n) is 13.9. The fourth-order valence-corrected chi connectivity index (χ4v) is 6.44. The van der Waals surface area contributed by atoms with Crippen molar-refractivity contribution in [3.05, 3.63) is 134 Å². The number of rotatable bonds is 13. The monoisotopic (exact) mass is 668 g/mol. The van der Waals surface area contributed by atoms with E-state index in [0.29, 0.717) is 17.1 Å². The van der Waals surface area contributed by atoms with Crippen LogP contribution in [0.15, 0.2) is 108 Å². The summed E-state index contributed by atoms with van der Waals surface area (Å²) in [6, 6.07) is 25.3. The highest BCUT2D eigenvalue weighted by atomic mass is 35.5. The van der Waals surface area contributed by atoms with E-state index in [-0.39, 0.29) is 34.3 Å². The van der Waals surface area contributed by atoms with E-state index in [1.807, 2.05) is 30.3 Å². The first-order chi connectivity index (χ1) is 21.5. The Hall–Kier alpha value is -4.45. The average molecular weight is 670 g/mol. The minimum atomic E-state index is -4.40. The van der Waals surface area contributed by atoms with Crippen LogP contribution in [0.1, 0.15) is 18.1 Å². The number of halogens is 2. The number of sulfonamides is 1. The summed E-state index contributed by atoms with van der Waals surface area (Å²) in [6.07, 6.45) is 0.127. The molecule has 2 amide bonds. The van der Waals surface area contributed by atoms with E-state index in [1.54, 1.807) is 31.2 Å². The molecule has 4 aromatic carbocycles. The number of nitro groups is 1. The lowest BCUT2D eigenvalue weighted by Crippen LogP contribution is -2.53. The van der Waals surface area contributed by atoms with Gasteiger partial charge in [-0.15, -0.1) is 0 Å². The molecular formula is C32H30Cl2N4O6S. The summed E-state index contributed by atoms with van der Waals surface area (Å²) in [5, 5.41) is 14.9. The standard InChI is InChI=1S/C32H30Cl2N4O6S/c1-2-35-32(40)30(19-23-10-5-3-6-11-23)36(21-24-16-17-28(33)29(34)18-24)31(39)22-37(25-12-9-13-26(20-25)38(41)42)45(43,44)27-14-7-4-8-15-27/h3-18,20,30H,2,19,21-22H2,1H3,(H,35,40). The Kier molecular flexibility index (Phi) is 11.2. The van der Waals surface area contributed by atoms with E-state index in [9.17, 15) is 28.1 Å². The number of hydrogen-bond acceptors (Lipinski definition) is 6. The van der Waals surface area contributed by atoms with Crippen LogP contribution in [-0.4, -0.2) is 49.2 Å². The van der Waals surface area contributed by atoms with Gasteiger partial charge >= 0.3 is 0 Å². The van der Waals surface area contributed by atoms with Crippen molar-refractivity contribution in [3.8, 4) is 0 Å². The number of anilines is 1. The van der Waals surface area contributed by atoms with Gasteiger partial charge in [0.2, 0.25) is 11.8 Å². The molecule has 0 heterocycles. The van der Waals surface area contributed by atoms with Gasteiger partial charge in [0.15, 0.2) is 0 Å². The third kappa shape index (κ3) is 8.39. The van der Waals surface area contributed by atoms with E-state index in [4.69, 9.17) is 23.2 Å². The van der Waals surface area contributed by atoms with Crippen molar-refractivity contribution in [2.24, 2.45) is 0 Å². The molecule has 1 atom stereocenters. The Morgan fingerprint density at radius 2 is 1.53 bits per heavy atom. The number of likely N-dealkylation sites (N-methyl/N-ethyl adjacent to an activating group) is 1. The molecule has 0 aliphatic carbocycles. The van der Waals surface area contributed by atoms with Crippen LogP contribution in [0.3, 0.4) is 0 Å². The van der Waals surface area contributed by atoms with E-state index < -0.39 is 39.3 Å². The van der Waals surface area contributed by atoms with Gasteiger partial charge in [0.05, 0.1) is 25.6 Å². The molecule has 10 nitrogen and oxygen atoms in total. The predicted octanol–water partition coefficient (Wildman–Crippen LogP) is 5.87. The van der Waals surface area contributed by atoms with Crippen molar-refractivity contribution in [2.45, 2.75) is 30.8 Å². The van der Waals surface area contributed by atoms with Gasteiger partial charge in [0.1, 0.15) is 12.6 Å². The number of hydrogen-bond donors (Lipinski definition) is 1. The summed E-state index contributed by atoms with van der Waals surface area (Å²) in [6.45, 7) is 1.17. The van der Waals surface area contributed by atoms with Crippen molar-refractivity contribution >= 4 is 56.4 Å². The zero-order valence-electron chi connectivity index (χ0n) is 24.2. The molecule has 13 heteroatoms. The van der Waals surface area contributed by atoms with Gasteiger partial charge in [-0.3, -0.25) is 24.0 Å². The summed E-state index contributed by atoms with van der Waals surface area (Å²) in [4.78, 5) is 40.0. The number of carbonyl (C=O) groups excluding carboxylic acids is 2. The molecule has 0 fully saturated rings. The van der Waals surface area contributed by atoms with Crippen LogP contribution in [0.2, 0.25) is 10.0 Å². The van der Waals surface area contributed by atoms with Gasteiger partial charge in [-0.25, -0.2) is 8.42 Å². The third-order valence-electron chi connectivity index (χ3n) is 6.90. The maximum atomic E-state index is 14.4. The summed E-state index contributed by atoms with van der Waals surface area (Å²) < 4.78 is 28.8. The van der Waals surface area contributed by atoms with Crippen LogP contribution in [0.25, 0.3) is 0 Å². The molecule has 45 heavy (non-hydrogen) atoms. The lowest BCUT2D eigenvalue weighted by Gasteiger charge is -2.33. The molecule has 0 radical (unpaired) electrons. The van der Waals surface area contributed by atoms with E-state index in [2.05, 4.69) is 5.32 Å². The quantitative estimate of drug-likeness (QED) is 0.140. The molecule has 0 aliphatic heterocycles. The number of nitro benzene ring substituents is 1. The largest absolute Gasteiger partial charge is 0.355 e. The average Bonchev–Trinajstić information content (AvgIpc) is 3.04. The summed E-state index contributed by atoms with van der Waals surface area (Å²) >= 11 is 12.4. The number of benzene rings is 4. The van der Waals surface area contributed by atoms with Crippen LogP contribution in [0.5, 0.6) is 0 Å². The van der Waals surface area contributed by atoms with E-state index >= 15 is 0 Å². The fraction of sp³-hybridized carbons (Fsp3) is 0.188. The predicted molar refractivity (Wildman–Crippen MR) is 174 cm³/mol. The van der Waals surface area contributed by atoms with Crippen molar-refractivity contribution in [1.82, 2.24) is 10.2 Å². The fourth-order valence-electron chi connectivity index (χ4n) is 4.69. The number of nitrogens with zero attached hydrogens (tertiary/aromatic N) is 3. The maximum Gasteiger partial charge on any atom is 0.271 e. The molecule has 0 bridgehead atoms. The molecule has 0 aliphatic rings. The molecule has 1 unspecified atom stereocenters. The Bertz CT molecular complexity index is 1780. The second-order valence-corrected chi connectivity index (χ2v) is 12.6. The van der Waals surface area contributed by atoms with E-state index in [0.717, 1.165) is 15.9 Å². The molecule has 4 aromatic rings. The molecule has 234 valence electrons. The van der Waals surface area contributed by atoms with Crippen LogP contribution in [-0.2, 0) is 32.6 Å². The highest BCUT2D eigenvalue weighted by molar-refractivity contribution is 7.92. The van der Waals surface area contributed by atoms with Crippen molar-refractivity contribution in [1.29, 1.82) is 0 Å². The number of non-ortho nitro benzene ring substituents is 1. The summed E-state index contributed by atoms with van der Waals surface area (Å²) in [7, 11) is -4.40. The Labute approximate surface area is 271 Å². The lowest BCUT2D eigenvalue weighted by atomic mass is 10.0. The molecule has 1 N–H and O–H groups in total.